The summed E-state index contributed by atoms with van der Waals surface area (Å²) in [6.07, 6.45) is 1.91. The summed E-state index contributed by atoms with van der Waals surface area (Å²) in [5.41, 5.74) is 1.83. The molecule has 0 saturated heterocycles. The summed E-state index contributed by atoms with van der Waals surface area (Å²) in [7, 11) is 0. The van der Waals surface area contributed by atoms with Gasteiger partial charge < -0.3 is 9.47 Å². The van der Waals surface area contributed by atoms with Gasteiger partial charge in [-0.2, -0.15) is 0 Å². The maximum absolute atomic E-state index is 6.05. The van der Waals surface area contributed by atoms with Crippen molar-refractivity contribution in [2.75, 3.05) is 6.79 Å². The monoisotopic (exact) mass is 276 g/mol. The van der Waals surface area contributed by atoms with E-state index in [-0.39, 0.29) is 6.79 Å². The molecule has 0 saturated carbocycles. The molecule has 3 rings (SSSR count). The second-order valence-electron chi connectivity index (χ2n) is 4.32. The van der Waals surface area contributed by atoms with Crippen LogP contribution >= 0.6 is 11.6 Å². The van der Waals surface area contributed by atoms with E-state index in [4.69, 9.17) is 21.1 Å². The van der Waals surface area contributed by atoms with Gasteiger partial charge in [-0.05, 0) is 30.7 Å². The largest absolute Gasteiger partial charge is 0.454 e. The fourth-order valence-corrected chi connectivity index (χ4v) is 2.22. The molecular formula is C14H13ClN2O2. The van der Waals surface area contributed by atoms with Gasteiger partial charge in [0.1, 0.15) is 5.15 Å². The summed E-state index contributed by atoms with van der Waals surface area (Å²) in [6.45, 7) is 2.37. The second-order valence-corrected chi connectivity index (χ2v) is 4.71. The summed E-state index contributed by atoms with van der Waals surface area (Å²) in [5.74, 6) is 2.09. The Hall–Kier alpha value is -1.81. The molecule has 0 aliphatic carbocycles. The first-order valence-corrected chi connectivity index (χ1v) is 6.57. The molecule has 1 aliphatic rings. The summed E-state index contributed by atoms with van der Waals surface area (Å²) in [6, 6.07) is 7.46. The van der Waals surface area contributed by atoms with Crippen LogP contribution in [-0.2, 0) is 6.42 Å². The summed E-state index contributed by atoms with van der Waals surface area (Å²) in [5, 5.41) is 0.464. The van der Waals surface area contributed by atoms with E-state index in [9.17, 15) is 0 Å². The van der Waals surface area contributed by atoms with Gasteiger partial charge in [0.2, 0.25) is 6.79 Å². The Morgan fingerprint density at radius 2 is 2.00 bits per heavy atom. The number of fused-ring (bicyclic) bond motifs is 1. The minimum Gasteiger partial charge on any atom is -0.454 e. The molecule has 0 N–H and O–H groups in total. The van der Waals surface area contributed by atoms with Gasteiger partial charge in [-0.15, -0.1) is 0 Å². The standard InChI is InChI=1S/C14H13ClN2O2/c1-2-3-10-7-13(15)17-14(16-10)9-4-5-11-12(6-9)19-8-18-11/h4-7H,2-3,8H2,1H3. The molecule has 0 bridgehead atoms. The van der Waals surface area contributed by atoms with Gasteiger partial charge in [0.05, 0.1) is 0 Å². The topological polar surface area (TPSA) is 44.2 Å². The SMILES string of the molecule is CCCc1cc(Cl)nc(-c2ccc3c(c2)OCO3)n1. The second kappa shape index (κ2) is 5.05. The van der Waals surface area contributed by atoms with Crippen LogP contribution in [0.2, 0.25) is 5.15 Å². The lowest BCUT2D eigenvalue weighted by Crippen LogP contribution is -1.96. The number of hydrogen-bond acceptors (Lipinski definition) is 4. The first-order valence-electron chi connectivity index (χ1n) is 6.20. The van der Waals surface area contributed by atoms with Gasteiger partial charge in [-0.1, -0.05) is 24.9 Å². The molecule has 0 fully saturated rings. The maximum Gasteiger partial charge on any atom is 0.231 e. The van der Waals surface area contributed by atoms with Crippen LogP contribution in [0.15, 0.2) is 24.3 Å². The molecule has 2 aromatic rings. The number of aromatic nitrogens is 2. The quantitative estimate of drug-likeness (QED) is 0.805. The lowest BCUT2D eigenvalue weighted by molar-refractivity contribution is 0.174. The molecule has 1 aromatic heterocycles. The third-order valence-corrected chi connectivity index (χ3v) is 3.08. The van der Waals surface area contributed by atoms with Crippen molar-refractivity contribution in [3.63, 3.8) is 0 Å². The number of halogens is 1. The van der Waals surface area contributed by atoms with Gasteiger partial charge >= 0.3 is 0 Å². The number of aryl methyl sites for hydroxylation is 1. The van der Waals surface area contributed by atoms with Crippen molar-refractivity contribution in [2.24, 2.45) is 0 Å². The van der Waals surface area contributed by atoms with Crippen molar-refractivity contribution in [1.82, 2.24) is 9.97 Å². The Labute approximate surface area is 116 Å². The fraction of sp³-hybridized carbons (Fsp3) is 0.286. The van der Waals surface area contributed by atoms with E-state index in [0.29, 0.717) is 11.0 Å². The van der Waals surface area contributed by atoms with Crippen LogP contribution in [0.25, 0.3) is 11.4 Å². The molecule has 19 heavy (non-hydrogen) atoms. The fourth-order valence-electron chi connectivity index (χ4n) is 2.01. The molecule has 1 aromatic carbocycles. The zero-order valence-electron chi connectivity index (χ0n) is 10.5. The number of nitrogens with zero attached hydrogens (tertiary/aromatic N) is 2. The molecule has 0 spiro atoms. The molecular weight excluding hydrogens is 264 g/mol. The Kier molecular flexibility index (Phi) is 3.25. The summed E-state index contributed by atoms with van der Waals surface area (Å²) < 4.78 is 10.6. The van der Waals surface area contributed by atoms with E-state index in [1.165, 1.54) is 0 Å². The third-order valence-electron chi connectivity index (χ3n) is 2.88. The molecule has 4 nitrogen and oxygen atoms in total. The Bertz CT molecular complexity index is 616. The number of rotatable bonds is 3. The van der Waals surface area contributed by atoms with E-state index in [0.717, 1.165) is 35.6 Å². The van der Waals surface area contributed by atoms with Gasteiger partial charge in [0.25, 0.3) is 0 Å². The van der Waals surface area contributed by atoms with Crippen LogP contribution in [0.5, 0.6) is 11.5 Å². The lowest BCUT2D eigenvalue weighted by Gasteiger charge is -2.05. The highest BCUT2D eigenvalue weighted by Gasteiger charge is 2.15. The molecule has 0 atom stereocenters. The molecule has 2 heterocycles. The zero-order chi connectivity index (χ0) is 13.2. The van der Waals surface area contributed by atoms with Crippen LogP contribution in [0.1, 0.15) is 19.0 Å². The highest BCUT2D eigenvalue weighted by Crippen LogP contribution is 2.35. The van der Waals surface area contributed by atoms with Crippen LogP contribution < -0.4 is 9.47 Å². The van der Waals surface area contributed by atoms with Gasteiger partial charge in [0.15, 0.2) is 17.3 Å². The average Bonchev–Trinajstić information content (AvgIpc) is 2.85. The molecule has 0 radical (unpaired) electrons. The van der Waals surface area contributed by atoms with E-state index in [1.54, 1.807) is 0 Å². The van der Waals surface area contributed by atoms with E-state index >= 15 is 0 Å². The molecule has 0 amide bonds. The first-order chi connectivity index (χ1) is 9.26. The lowest BCUT2D eigenvalue weighted by atomic mass is 10.1. The Morgan fingerprint density at radius 1 is 1.16 bits per heavy atom. The third kappa shape index (κ3) is 2.49. The molecule has 98 valence electrons. The van der Waals surface area contributed by atoms with Gasteiger partial charge in [0, 0.05) is 11.3 Å². The number of benzene rings is 1. The minimum absolute atomic E-state index is 0.260. The van der Waals surface area contributed by atoms with Crippen molar-refractivity contribution in [3.05, 3.63) is 35.1 Å². The minimum atomic E-state index is 0.260. The normalized spacial score (nSPS) is 12.7. The predicted octanol–water partition coefficient (Wildman–Crippen LogP) is 3.48. The first kappa shape index (κ1) is 12.2. The van der Waals surface area contributed by atoms with E-state index in [2.05, 4.69) is 16.9 Å². The van der Waals surface area contributed by atoms with Gasteiger partial charge in [-0.3, -0.25) is 0 Å². The van der Waals surface area contributed by atoms with Crippen molar-refractivity contribution in [1.29, 1.82) is 0 Å². The molecule has 1 aliphatic heterocycles. The highest BCUT2D eigenvalue weighted by atomic mass is 35.5. The van der Waals surface area contributed by atoms with E-state index < -0.39 is 0 Å². The summed E-state index contributed by atoms with van der Waals surface area (Å²) in [4.78, 5) is 8.80. The highest BCUT2D eigenvalue weighted by molar-refractivity contribution is 6.29. The molecule has 0 unspecified atom stereocenters. The number of hydrogen-bond donors (Lipinski definition) is 0. The van der Waals surface area contributed by atoms with Crippen molar-refractivity contribution in [2.45, 2.75) is 19.8 Å². The van der Waals surface area contributed by atoms with Crippen LogP contribution in [0, 0.1) is 0 Å². The van der Waals surface area contributed by atoms with Crippen LogP contribution in [0.4, 0.5) is 0 Å². The van der Waals surface area contributed by atoms with Gasteiger partial charge in [-0.25, -0.2) is 9.97 Å². The van der Waals surface area contributed by atoms with Crippen molar-refractivity contribution in [3.8, 4) is 22.9 Å². The van der Waals surface area contributed by atoms with Crippen molar-refractivity contribution < 1.29 is 9.47 Å². The van der Waals surface area contributed by atoms with Crippen molar-refractivity contribution >= 4 is 11.6 Å². The Morgan fingerprint density at radius 3 is 2.84 bits per heavy atom. The number of ether oxygens (including phenoxy) is 2. The maximum atomic E-state index is 6.05. The zero-order valence-corrected chi connectivity index (χ0v) is 11.3. The van der Waals surface area contributed by atoms with Crippen LogP contribution in [-0.4, -0.2) is 16.8 Å². The smallest absolute Gasteiger partial charge is 0.231 e. The van der Waals surface area contributed by atoms with E-state index in [1.807, 2.05) is 24.3 Å². The average molecular weight is 277 g/mol. The van der Waals surface area contributed by atoms with Crippen LogP contribution in [0.3, 0.4) is 0 Å². The Balaban J connectivity index is 2.01. The molecule has 5 heteroatoms. The summed E-state index contributed by atoms with van der Waals surface area (Å²) >= 11 is 6.05. The predicted molar refractivity (Wildman–Crippen MR) is 72.6 cm³/mol.